The Morgan fingerprint density at radius 3 is 1.79 bits per heavy atom. The maximum atomic E-state index is 13.9. The van der Waals surface area contributed by atoms with E-state index in [-0.39, 0.29) is 4.22 Å². The number of benzene rings is 4. The molecule has 218 valence electrons. The fourth-order valence-electron chi connectivity index (χ4n) is 7.33. The van der Waals surface area contributed by atoms with Gasteiger partial charge in [-0.15, -0.1) is 0 Å². The van der Waals surface area contributed by atoms with E-state index in [9.17, 15) is 9.59 Å². The average molecular weight is 609 g/mol. The first-order valence-corrected chi connectivity index (χ1v) is 17.4. The maximum Gasteiger partial charge on any atom is -0.153 e. The Hall–Kier alpha value is -3.51. The zero-order valence-electron chi connectivity index (χ0n) is 24.7. The molecule has 4 aromatic carbocycles. The summed E-state index contributed by atoms with van der Waals surface area (Å²) in [5.74, 6) is -0.446. The van der Waals surface area contributed by atoms with Crippen molar-refractivity contribution in [1.82, 2.24) is 0 Å². The van der Waals surface area contributed by atoms with Crippen LogP contribution in [0, 0.1) is 5.92 Å². The van der Waals surface area contributed by atoms with Gasteiger partial charge in [0, 0.05) is 0 Å². The average Bonchev–Trinajstić information content (AvgIpc) is 3.36. The van der Waals surface area contributed by atoms with E-state index in [1.54, 1.807) is 11.1 Å². The van der Waals surface area contributed by atoms with Crippen LogP contribution in [0.4, 0.5) is 0 Å². The fourth-order valence-corrected chi connectivity index (χ4v) is 10.5. The Bertz CT molecular complexity index is 1650. The molecule has 0 radical (unpaired) electrons. The minimum absolute atomic E-state index is 0.00259. The summed E-state index contributed by atoms with van der Waals surface area (Å²) in [6, 6.07) is 27.1. The molecule has 0 amide bonds. The first kappa shape index (κ1) is 29.6. The Morgan fingerprint density at radius 1 is 0.674 bits per heavy atom. The summed E-state index contributed by atoms with van der Waals surface area (Å²) in [5, 5.41) is 11.9. The van der Waals surface area contributed by atoms with E-state index in [0.717, 1.165) is 60.8 Å². The number of carbonyl (C=O) groups is 2. The number of carbonyl (C=O) groups excluding carboxylic acids is 2. The summed E-state index contributed by atoms with van der Waals surface area (Å²) in [5.41, 5.74) is 7.06. The summed E-state index contributed by atoms with van der Waals surface area (Å²) in [6.07, 6.45) is 7.77. The third kappa shape index (κ3) is 5.62. The summed E-state index contributed by atoms with van der Waals surface area (Å²) in [4.78, 5) is 27.7. The Balaban J connectivity index is 0.00000161. The number of allylic oxidation sites excluding steroid dienone is 4. The van der Waals surface area contributed by atoms with E-state index in [0.29, 0.717) is 17.0 Å². The predicted molar refractivity (Wildman–Crippen MR) is 164 cm³/mol. The van der Waals surface area contributed by atoms with Gasteiger partial charge in [-0.2, -0.15) is 7.11 Å². The monoisotopic (exact) mass is 608 g/mol. The summed E-state index contributed by atoms with van der Waals surface area (Å²) in [6.45, 7) is 2.32. The molecule has 0 fully saturated rings. The molecule has 0 aliphatic heterocycles. The molecule has 0 saturated carbocycles. The van der Waals surface area contributed by atoms with Gasteiger partial charge in [0.15, 0.2) is 0 Å². The van der Waals surface area contributed by atoms with Crippen LogP contribution < -0.4 is 5.11 Å². The zero-order chi connectivity index (χ0) is 29.9. The zero-order valence-corrected chi connectivity index (χ0v) is 26.3. The molecule has 0 aromatic heterocycles. The van der Waals surface area contributed by atoms with Gasteiger partial charge < -0.3 is 5.11 Å². The number of fused-ring (bicyclic) bond motifs is 3. The second kappa shape index (κ2) is 13.0. The van der Waals surface area contributed by atoms with Crippen LogP contribution in [0.2, 0.25) is 4.22 Å². The molecule has 0 bridgehead atoms. The van der Waals surface area contributed by atoms with Crippen LogP contribution in [0.1, 0.15) is 72.6 Å². The first-order valence-electron chi connectivity index (χ1n) is 15.2. The fraction of sp³-hybridized carbons (Fsp3) is 0.297. The second-order valence-corrected chi connectivity index (χ2v) is 14.2. The van der Waals surface area contributed by atoms with Gasteiger partial charge >= 0.3 is 249 Å². The minimum Gasteiger partial charge on any atom is -0.857 e. The van der Waals surface area contributed by atoms with Crippen LogP contribution in [-0.4, -0.2) is 19.0 Å². The maximum absolute atomic E-state index is 13.9. The Morgan fingerprint density at radius 2 is 1.19 bits per heavy atom. The normalized spacial score (nSPS) is 19.3. The minimum atomic E-state index is -3.26. The largest absolute Gasteiger partial charge is 0.857 e. The van der Waals surface area contributed by atoms with E-state index in [4.69, 9.17) is 11.7 Å². The molecule has 3 aliphatic rings. The smallest absolute Gasteiger partial charge is 0.153 e. The van der Waals surface area contributed by atoms with Crippen molar-refractivity contribution in [2.45, 2.75) is 56.1 Å². The van der Waals surface area contributed by atoms with Crippen LogP contribution in [0.5, 0.6) is 0 Å². The van der Waals surface area contributed by atoms with Gasteiger partial charge in [-0.25, -0.2) is 0 Å². The summed E-state index contributed by atoms with van der Waals surface area (Å²) in [7, 11) is 0.750. The van der Waals surface area contributed by atoms with Gasteiger partial charge in [0.25, 0.3) is 0 Å². The number of hydrogen-bond acceptors (Lipinski definition) is 5. The molecule has 2 atom stereocenters. The van der Waals surface area contributed by atoms with Crippen LogP contribution in [0.25, 0.3) is 21.5 Å². The van der Waals surface area contributed by atoms with Crippen molar-refractivity contribution in [2.75, 3.05) is 7.11 Å². The molecule has 43 heavy (non-hydrogen) atoms. The van der Waals surface area contributed by atoms with Gasteiger partial charge in [-0.05, 0) is 0 Å². The summed E-state index contributed by atoms with van der Waals surface area (Å²) < 4.78 is 12.9. The topological polar surface area (TPSA) is 75.7 Å². The van der Waals surface area contributed by atoms with Gasteiger partial charge in [0.2, 0.25) is 0 Å². The second-order valence-electron chi connectivity index (χ2n) is 11.5. The molecule has 0 spiro atoms. The predicted octanol–water partition coefficient (Wildman–Crippen LogP) is 8.22. The molecule has 0 heterocycles. The van der Waals surface area contributed by atoms with E-state index in [2.05, 4.69) is 6.92 Å². The quantitative estimate of drug-likeness (QED) is 0.214. The van der Waals surface area contributed by atoms with Crippen LogP contribution >= 0.6 is 0 Å². The molecule has 7 rings (SSSR count). The van der Waals surface area contributed by atoms with Gasteiger partial charge in [0.1, 0.15) is 0 Å². The first-order chi connectivity index (χ1) is 21.1. The Kier molecular flexibility index (Phi) is 8.94. The van der Waals surface area contributed by atoms with E-state index in [1.165, 1.54) is 24.0 Å². The molecule has 6 heteroatoms. The van der Waals surface area contributed by atoms with Gasteiger partial charge in [0.05, 0.1) is 0 Å². The van der Waals surface area contributed by atoms with Gasteiger partial charge in [-0.3, -0.25) is 0 Å². The number of hydrogen-bond donors (Lipinski definition) is 0. The molecule has 0 N–H and O–H groups in total. The molecule has 2 unspecified atom stereocenters. The molecular weight excluding hydrogens is 572 g/mol. The number of rotatable bonds is 5. The standard InChI is InChI=1S/C14H19.2C11H8O2.CH3O.Ti/c1-10-11-6-2-4-8-13(11)14-9-5-3-7-12(10)14;2*12-11(13)10-7-3-5-8-4-1-2-6-9(8)10;1-2;/h6,10H,2-5,7-9H2,1H3;2*1-7H,(H,12,13);1H3;/q;;;-1;+3/p-2. The molecule has 0 saturated heterocycles. The van der Waals surface area contributed by atoms with Crippen molar-refractivity contribution in [3.8, 4) is 0 Å². The van der Waals surface area contributed by atoms with Crippen LogP contribution in [0.3, 0.4) is 0 Å². The van der Waals surface area contributed by atoms with E-state index >= 15 is 0 Å². The van der Waals surface area contributed by atoms with E-state index in [1.807, 2.05) is 84.9 Å². The SMILES string of the molecule is CC1C2=C(CCCC2)C2=C1[CH]([Ti+]([O]C(=O)c1cccc3ccccc13)[O]C(=O)c1cccc3ccccc13)CCC2.C[O-]. The van der Waals surface area contributed by atoms with Gasteiger partial charge in [-0.1, -0.05) is 0 Å². The van der Waals surface area contributed by atoms with Crippen molar-refractivity contribution in [3.63, 3.8) is 0 Å². The third-order valence-electron chi connectivity index (χ3n) is 9.20. The molecule has 5 nitrogen and oxygen atoms in total. The van der Waals surface area contributed by atoms with Crippen molar-refractivity contribution in [1.29, 1.82) is 0 Å². The third-order valence-corrected chi connectivity index (χ3v) is 12.2. The van der Waals surface area contributed by atoms with Crippen molar-refractivity contribution in [2.24, 2.45) is 5.92 Å². The summed E-state index contributed by atoms with van der Waals surface area (Å²) >= 11 is -3.26. The molecule has 3 aliphatic carbocycles. The Labute approximate surface area is 260 Å². The van der Waals surface area contributed by atoms with Crippen molar-refractivity contribution in [3.05, 3.63) is 118 Å². The van der Waals surface area contributed by atoms with Crippen LogP contribution in [-0.2, 0) is 25.3 Å². The van der Waals surface area contributed by atoms with Crippen molar-refractivity contribution >= 4 is 33.5 Å². The van der Waals surface area contributed by atoms with Crippen LogP contribution in [0.15, 0.2) is 107 Å². The molecule has 4 aromatic rings. The molecular formula is C37H36O5Ti. The van der Waals surface area contributed by atoms with E-state index < -0.39 is 30.6 Å². The van der Waals surface area contributed by atoms with Crippen molar-refractivity contribution < 1.29 is 40.0 Å².